The molecule has 2 aliphatic rings. The van der Waals surface area contributed by atoms with Gasteiger partial charge in [-0.25, -0.2) is 4.98 Å². The number of fused-ring (bicyclic) bond motifs is 1. The van der Waals surface area contributed by atoms with E-state index in [0.717, 1.165) is 24.4 Å². The summed E-state index contributed by atoms with van der Waals surface area (Å²) in [6, 6.07) is 0.228. The second kappa shape index (κ2) is 5.79. The fourth-order valence-electron chi connectivity index (χ4n) is 4.17. The van der Waals surface area contributed by atoms with Crippen molar-refractivity contribution >= 4 is 11.8 Å². The maximum absolute atomic E-state index is 6.53. The SMILES string of the molecule is CN(C)c1nc(N)nc2c1C(C1CCCCC1)C(N)CC2. The van der Waals surface area contributed by atoms with Crippen molar-refractivity contribution in [1.82, 2.24) is 9.97 Å². The second-order valence-electron chi connectivity index (χ2n) is 6.79. The molecule has 1 heterocycles. The molecule has 2 atom stereocenters. The van der Waals surface area contributed by atoms with Gasteiger partial charge < -0.3 is 16.4 Å². The van der Waals surface area contributed by atoms with E-state index in [1.54, 1.807) is 0 Å². The van der Waals surface area contributed by atoms with E-state index in [9.17, 15) is 0 Å². The van der Waals surface area contributed by atoms with Gasteiger partial charge in [0.2, 0.25) is 5.95 Å². The Kier molecular flexibility index (Phi) is 4.02. The number of nitrogens with zero attached hydrogens (tertiary/aromatic N) is 3. The lowest BCUT2D eigenvalue weighted by Crippen LogP contribution is -2.39. The van der Waals surface area contributed by atoms with E-state index in [-0.39, 0.29) is 6.04 Å². The number of nitrogens with two attached hydrogens (primary N) is 2. The Bertz CT molecular complexity index is 508. The number of aromatic nitrogens is 2. The first-order chi connectivity index (χ1) is 10.1. The maximum atomic E-state index is 6.53. The molecule has 1 aromatic rings. The molecule has 0 aliphatic heterocycles. The number of rotatable bonds is 2. The Labute approximate surface area is 127 Å². The molecule has 2 aliphatic carbocycles. The highest BCUT2D eigenvalue weighted by Gasteiger charge is 2.37. The Hall–Kier alpha value is -1.36. The normalized spacial score (nSPS) is 26.4. The molecule has 1 aromatic heterocycles. The molecule has 1 saturated carbocycles. The van der Waals surface area contributed by atoms with Crippen LogP contribution < -0.4 is 16.4 Å². The summed E-state index contributed by atoms with van der Waals surface area (Å²) >= 11 is 0. The van der Waals surface area contributed by atoms with Crippen LogP contribution in [-0.4, -0.2) is 30.1 Å². The van der Waals surface area contributed by atoms with Gasteiger partial charge in [0.15, 0.2) is 0 Å². The summed E-state index contributed by atoms with van der Waals surface area (Å²) in [7, 11) is 4.06. The van der Waals surface area contributed by atoms with E-state index in [0.29, 0.717) is 17.8 Å². The predicted octanol–water partition coefficient (Wildman–Crippen LogP) is 2.06. The quantitative estimate of drug-likeness (QED) is 0.871. The van der Waals surface area contributed by atoms with Crippen LogP contribution in [-0.2, 0) is 6.42 Å². The van der Waals surface area contributed by atoms with Gasteiger partial charge in [-0.2, -0.15) is 4.98 Å². The lowest BCUT2D eigenvalue weighted by atomic mass is 9.69. The smallest absolute Gasteiger partial charge is 0.222 e. The first-order valence-electron chi connectivity index (χ1n) is 8.17. The molecule has 5 nitrogen and oxygen atoms in total. The van der Waals surface area contributed by atoms with Crippen LogP contribution in [0.15, 0.2) is 0 Å². The van der Waals surface area contributed by atoms with Gasteiger partial charge in [-0.15, -0.1) is 0 Å². The standard InChI is InChI=1S/C16H27N5/c1-21(2)15-14-12(19-16(18)20-15)9-8-11(17)13(14)10-6-4-3-5-7-10/h10-11,13H,3-9,17H2,1-2H3,(H2,18,19,20). The van der Waals surface area contributed by atoms with Gasteiger partial charge in [-0.05, 0) is 31.6 Å². The molecule has 0 amide bonds. The third-order valence-corrected chi connectivity index (χ3v) is 5.11. The molecule has 0 radical (unpaired) electrons. The fraction of sp³-hybridized carbons (Fsp3) is 0.750. The molecule has 0 saturated heterocycles. The Morgan fingerprint density at radius 2 is 1.76 bits per heavy atom. The van der Waals surface area contributed by atoms with E-state index in [4.69, 9.17) is 11.5 Å². The third-order valence-electron chi connectivity index (χ3n) is 5.11. The summed E-state index contributed by atoms with van der Waals surface area (Å²) in [6.45, 7) is 0. The molecule has 0 aromatic carbocycles. The summed E-state index contributed by atoms with van der Waals surface area (Å²) in [4.78, 5) is 11.1. The fourth-order valence-corrected chi connectivity index (χ4v) is 4.17. The minimum absolute atomic E-state index is 0.228. The summed E-state index contributed by atoms with van der Waals surface area (Å²) in [6.07, 6.45) is 8.53. The summed E-state index contributed by atoms with van der Waals surface area (Å²) < 4.78 is 0. The van der Waals surface area contributed by atoms with Crippen molar-refractivity contribution in [2.24, 2.45) is 11.7 Å². The minimum Gasteiger partial charge on any atom is -0.368 e. The van der Waals surface area contributed by atoms with Crippen molar-refractivity contribution in [2.45, 2.75) is 56.9 Å². The summed E-state index contributed by atoms with van der Waals surface area (Å²) in [5.74, 6) is 2.43. The zero-order valence-corrected chi connectivity index (χ0v) is 13.2. The van der Waals surface area contributed by atoms with Crippen molar-refractivity contribution in [3.05, 3.63) is 11.3 Å². The molecule has 21 heavy (non-hydrogen) atoms. The van der Waals surface area contributed by atoms with E-state index in [1.165, 1.54) is 37.7 Å². The average molecular weight is 289 g/mol. The van der Waals surface area contributed by atoms with E-state index in [1.807, 2.05) is 14.1 Å². The summed E-state index contributed by atoms with van der Waals surface area (Å²) in [5.41, 5.74) is 14.8. The van der Waals surface area contributed by atoms with Crippen LogP contribution in [0.25, 0.3) is 0 Å². The van der Waals surface area contributed by atoms with Crippen LogP contribution in [0, 0.1) is 5.92 Å². The van der Waals surface area contributed by atoms with E-state index < -0.39 is 0 Å². The first kappa shape index (κ1) is 14.6. The molecule has 4 N–H and O–H groups in total. The zero-order chi connectivity index (χ0) is 15.0. The van der Waals surface area contributed by atoms with Crippen LogP contribution in [0.4, 0.5) is 11.8 Å². The van der Waals surface area contributed by atoms with Crippen LogP contribution >= 0.6 is 0 Å². The second-order valence-corrected chi connectivity index (χ2v) is 6.79. The van der Waals surface area contributed by atoms with Gasteiger partial charge in [-0.3, -0.25) is 0 Å². The van der Waals surface area contributed by atoms with Crippen LogP contribution in [0.5, 0.6) is 0 Å². The van der Waals surface area contributed by atoms with Crippen molar-refractivity contribution in [2.75, 3.05) is 24.7 Å². The highest BCUT2D eigenvalue weighted by Crippen LogP contribution is 2.45. The molecule has 5 heteroatoms. The van der Waals surface area contributed by atoms with E-state index >= 15 is 0 Å². The largest absolute Gasteiger partial charge is 0.368 e. The maximum Gasteiger partial charge on any atom is 0.222 e. The number of hydrogen-bond donors (Lipinski definition) is 2. The van der Waals surface area contributed by atoms with Crippen molar-refractivity contribution in [3.8, 4) is 0 Å². The van der Waals surface area contributed by atoms with Gasteiger partial charge in [0, 0.05) is 31.6 Å². The Balaban J connectivity index is 2.06. The van der Waals surface area contributed by atoms with Crippen molar-refractivity contribution < 1.29 is 0 Å². The zero-order valence-electron chi connectivity index (χ0n) is 13.2. The molecule has 3 rings (SSSR count). The van der Waals surface area contributed by atoms with Gasteiger partial charge in [-0.1, -0.05) is 19.3 Å². The highest BCUT2D eigenvalue weighted by molar-refractivity contribution is 5.54. The average Bonchev–Trinajstić information content (AvgIpc) is 2.47. The van der Waals surface area contributed by atoms with Gasteiger partial charge in [0.1, 0.15) is 5.82 Å². The Morgan fingerprint density at radius 3 is 2.43 bits per heavy atom. The number of aryl methyl sites for hydroxylation is 1. The number of hydrogen-bond acceptors (Lipinski definition) is 5. The van der Waals surface area contributed by atoms with Gasteiger partial charge >= 0.3 is 0 Å². The van der Waals surface area contributed by atoms with Crippen molar-refractivity contribution in [1.29, 1.82) is 0 Å². The topological polar surface area (TPSA) is 81.1 Å². The lowest BCUT2D eigenvalue weighted by molar-refractivity contribution is 0.261. The van der Waals surface area contributed by atoms with Crippen LogP contribution in [0.1, 0.15) is 55.7 Å². The predicted molar refractivity (Wildman–Crippen MR) is 86.4 cm³/mol. The summed E-state index contributed by atoms with van der Waals surface area (Å²) in [5, 5.41) is 0. The monoisotopic (exact) mass is 289 g/mol. The van der Waals surface area contributed by atoms with E-state index in [2.05, 4.69) is 14.9 Å². The van der Waals surface area contributed by atoms with Gasteiger partial charge in [0.25, 0.3) is 0 Å². The molecule has 2 unspecified atom stereocenters. The van der Waals surface area contributed by atoms with Crippen molar-refractivity contribution in [3.63, 3.8) is 0 Å². The molecular weight excluding hydrogens is 262 g/mol. The number of nitrogen functional groups attached to an aromatic ring is 1. The molecule has 0 spiro atoms. The number of anilines is 2. The molecule has 0 bridgehead atoms. The Morgan fingerprint density at radius 1 is 1.05 bits per heavy atom. The van der Waals surface area contributed by atoms with Crippen LogP contribution in [0.3, 0.4) is 0 Å². The molecule has 1 fully saturated rings. The minimum atomic E-state index is 0.228. The van der Waals surface area contributed by atoms with Gasteiger partial charge in [0.05, 0.1) is 5.69 Å². The lowest BCUT2D eigenvalue weighted by Gasteiger charge is -2.39. The molecular formula is C16H27N5. The third kappa shape index (κ3) is 2.71. The van der Waals surface area contributed by atoms with Crippen LogP contribution in [0.2, 0.25) is 0 Å². The first-order valence-corrected chi connectivity index (χ1v) is 8.17. The molecule has 116 valence electrons. The highest BCUT2D eigenvalue weighted by atomic mass is 15.2.